The predicted molar refractivity (Wildman–Crippen MR) is 72.5 cm³/mol. The molecule has 0 aliphatic carbocycles. The van der Waals surface area contributed by atoms with Gasteiger partial charge in [-0.1, -0.05) is 24.3 Å². The summed E-state index contributed by atoms with van der Waals surface area (Å²) in [5.74, 6) is 0.888. The SMILES string of the molecule is CC(NCCc1cccnc1)Oc1ccccc1. The Bertz CT molecular complexity index is 445. The first kappa shape index (κ1) is 12.6. The third-order valence-corrected chi connectivity index (χ3v) is 2.62. The third-order valence-electron chi connectivity index (χ3n) is 2.62. The highest BCUT2D eigenvalue weighted by Gasteiger charge is 2.02. The number of aromatic nitrogens is 1. The molecule has 0 bridgehead atoms. The molecule has 2 aromatic rings. The van der Waals surface area contributed by atoms with Crippen molar-refractivity contribution in [2.24, 2.45) is 0 Å². The highest BCUT2D eigenvalue weighted by atomic mass is 16.5. The van der Waals surface area contributed by atoms with Crippen LogP contribution in [0.15, 0.2) is 54.9 Å². The van der Waals surface area contributed by atoms with E-state index >= 15 is 0 Å². The third kappa shape index (κ3) is 4.18. The summed E-state index contributed by atoms with van der Waals surface area (Å²) in [6.07, 6.45) is 4.64. The summed E-state index contributed by atoms with van der Waals surface area (Å²) < 4.78 is 5.73. The molecule has 0 radical (unpaired) electrons. The van der Waals surface area contributed by atoms with Crippen molar-refractivity contribution in [2.45, 2.75) is 19.6 Å². The number of pyridine rings is 1. The molecular formula is C15H18N2O. The van der Waals surface area contributed by atoms with Crippen LogP contribution in [0.5, 0.6) is 5.75 Å². The van der Waals surface area contributed by atoms with Crippen LogP contribution in [0.2, 0.25) is 0 Å². The number of ether oxygens (including phenoxy) is 1. The largest absolute Gasteiger partial charge is 0.476 e. The van der Waals surface area contributed by atoms with Crippen molar-refractivity contribution in [1.29, 1.82) is 0 Å². The van der Waals surface area contributed by atoms with E-state index < -0.39 is 0 Å². The maximum Gasteiger partial charge on any atom is 0.147 e. The lowest BCUT2D eigenvalue weighted by Gasteiger charge is -2.16. The summed E-state index contributed by atoms with van der Waals surface area (Å²) in [7, 11) is 0. The average molecular weight is 242 g/mol. The van der Waals surface area contributed by atoms with Gasteiger partial charge in [-0.2, -0.15) is 0 Å². The number of hydrogen-bond acceptors (Lipinski definition) is 3. The van der Waals surface area contributed by atoms with Crippen molar-refractivity contribution in [3.63, 3.8) is 0 Å². The van der Waals surface area contributed by atoms with Crippen molar-refractivity contribution in [3.05, 3.63) is 60.4 Å². The van der Waals surface area contributed by atoms with E-state index in [-0.39, 0.29) is 6.23 Å². The summed E-state index contributed by atoms with van der Waals surface area (Å²) in [5, 5.41) is 3.33. The molecule has 0 aliphatic heterocycles. The van der Waals surface area contributed by atoms with E-state index in [1.165, 1.54) is 5.56 Å². The first-order valence-corrected chi connectivity index (χ1v) is 6.18. The highest BCUT2D eigenvalue weighted by Crippen LogP contribution is 2.09. The zero-order valence-electron chi connectivity index (χ0n) is 10.5. The van der Waals surface area contributed by atoms with Gasteiger partial charge in [0.05, 0.1) is 0 Å². The second-order valence-corrected chi connectivity index (χ2v) is 4.14. The van der Waals surface area contributed by atoms with Crippen LogP contribution in [0.3, 0.4) is 0 Å². The quantitative estimate of drug-likeness (QED) is 0.791. The van der Waals surface area contributed by atoms with E-state index in [1.54, 1.807) is 6.20 Å². The fourth-order valence-electron chi connectivity index (χ4n) is 1.71. The van der Waals surface area contributed by atoms with Gasteiger partial charge < -0.3 is 4.74 Å². The lowest BCUT2D eigenvalue weighted by molar-refractivity contribution is 0.184. The molecule has 1 aromatic heterocycles. The van der Waals surface area contributed by atoms with Crippen LogP contribution in [0.4, 0.5) is 0 Å². The minimum absolute atomic E-state index is 0.00377. The van der Waals surface area contributed by atoms with Gasteiger partial charge in [-0.15, -0.1) is 0 Å². The minimum Gasteiger partial charge on any atom is -0.476 e. The summed E-state index contributed by atoms with van der Waals surface area (Å²) in [6, 6.07) is 13.9. The van der Waals surface area contributed by atoms with Crippen molar-refractivity contribution in [2.75, 3.05) is 6.54 Å². The van der Waals surface area contributed by atoms with Gasteiger partial charge in [0.25, 0.3) is 0 Å². The van der Waals surface area contributed by atoms with E-state index in [0.717, 1.165) is 18.7 Å². The zero-order chi connectivity index (χ0) is 12.6. The fraction of sp³-hybridized carbons (Fsp3) is 0.267. The predicted octanol–water partition coefficient (Wildman–Crippen LogP) is 2.64. The average Bonchev–Trinajstić information content (AvgIpc) is 2.41. The number of nitrogens with zero attached hydrogens (tertiary/aromatic N) is 1. The molecule has 0 saturated heterocycles. The van der Waals surface area contributed by atoms with Gasteiger partial charge in [0.15, 0.2) is 0 Å². The van der Waals surface area contributed by atoms with Crippen molar-refractivity contribution < 1.29 is 4.74 Å². The van der Waals surface area contributed by atoms with Gasteiger partial charge in [-0.05, 0) is 37.1 Å². The Morgan fingerprint density at radius 1 is 1.17 bits per heavy atom. The lowest BCUT2D eigenvalue weighted by Crippen LogP contribution is -2.33. The van der Waals surface area contributed by atoms with Gasteiger partial charge in [-0.25, -0.2) is 0 Å². The van der Waals surface area contributed by atoms with Gasteiger partial charge in [0.2, 0.25) is 0 Å². The summed E-state index contributed by atoms with van der Waals surface area (Å²) in [4.78, 5) is 4.09. The van der Waals surface area contributed by atoms with Crippen molar-refractivity contribution in [1.82, 2.24) is 10.3 Å². The molecule has 0 aliphatic rings. The monoisotopic (exact) mass is 242 g/mol. The van der Waals surface area contributed by atoms with Crippen LogP contribution in [0.1, 0.15) is 12.5 Å². The lowest BCUT2D eigenvalue weighted by atomic mass is 10.2. The van der Waals surface area contributed by atoms with E-state index in [9.17, 15) is 0 Å². The molecule has 2 rings (SSSR count). The summed E-state index contributed by atoms with van der Waals surface area (Å²) in [5.41, 5.74) is 1.23. The van der Waals surface area contributed by atoms with Gasteiger partial charge in [0, 0.05) is 18.9 Å². The van der Waals surface area contributed by atoms with Crippen molar-refractivity contribution >= 4 is 0 Å². The minimum atomic E-state index is 0.00377. The van der Waals surface area contributed by atoms with Gasteiger partial charge in [0.1, 0.15) is 12.0 Å². The molecule has 1 atom stereocenters. The molecule has 1 unspecified atom stereocenters. The number of benzene rings is 1. The number of para-hydroxylation sites is 1. The molecule has 18 heavy (non-hydrogen) atoms. The highest BCUT2D eigenvalue weighted by molar-refractivity contribution is 5.21. The summed E-state index contributed by atoms with van der Waals surface area (Å²) in [6.45, 7) is 2.88. The fourth-order valence-corrected chi connectivity index (χ4v) is 1.71. The van der Waals surface area contributed by atoms with Crippen LogP contribution < -0.4 is 10.1 Å². The molecule has 1 aromatic carbocycles. The maximum atomic E-state index is 5.73. The van der Waals surface area contributed by atoms with Crippen LogP contribution in [0, 0.1) is 0 Å². The van der Waals surface area contributed by atoms with Gasteiger partial charge >= 0.3 is 0 Å². The first-order valence-electron chi connectivity index (χ1n) is 6.18. The first-order chi connectivity index (χ1) is 8.84. The van der Waals surface area contributed by atoms with E-state index in [2.05, 4.69) is 16.4 Å². The molecule has 3 nitrogen and oxygen atoms in total. The van der Waals surface area contributed by atoms with Crippen LogP contribution >= 0.6 is 0 Å². The molecule has 0 fully saturated rings. The standard InChI is InChI=1S/C15H18N2O/c1-13(18-15-7-3-2-4-8-15)17-11-9-14-6-5-10-16-12-14/h2-8,10,12-13,17H,9,11H2,1H3. The van der Waals surface area contributed by atoms with Crippen LogP contribution in [-0.2, 0) is 6.42 Å². The smallest absolute Gasteiger partial charge is 0.147 e. The Hall–Kier alpha value is -1.87. The number of rotatable bonds is 6. The molecular weight excluding hydrogens is 224 g/mol. The Morgan fingerprint density at radius 3 is 2.72 bits per heavy atom. The molecule has 1 heterocycles. The Balaban J connectivity index is 1.71. The number of nitrogens with one attached hydrogen (secondary N) is 1. The molecule has 3 heteroatoms. The Labute approximate surface area is 108 Å². The normalized spacial score (nSPS) is 12.1. The molecule has 0 spiro atoms. The van der Waals surface area contributed by atoms with E-state index in [4.69, 9.17) is 4.74 Å². The van der Waals surface area contributed by atoms with Gasteiger partial charge in [-0.3, -0.25) is 10.3 Å². The molecule has 0 saturated carbocycles. The Morgan fingerprint density at radius 2 is 2.00 bits per heavy atom. The second kappa shape index (κ2) is 6.77. The van der Waals surface area contributed by atoms with E-state index in [0.29, 0.717) is 0 Å². The van der Waals surface area contributed by atoms with Crippen LogP contribution in [0.25, 0.3) is 0 Å². The Kier molecular flexibility index (Phi) is 4.73. The van der Waals surface area contributed by atoms with Crippen molar-refractivity contribution in [3.8, 4) is 5.75 Å². The molecule has 94 valence electrons. The molecule has 1 N–H and O–H groups in total. The zero-order valence-corrected chi connectivity index (χ0v) is 10.5. The summed E-state index contributed by atoms with van der Waals surface area (Å²) >= 11 is 0. The topological polar surface area (TPSA) is 34.2 Å². The molecule has 0 amide bonds. The second-order valence-electron chi connectivity index (χ2n) is 4.14. The van der Waals surface area contributed by atoms with E-state index in [1.807, 2.05) is 49.5 Å². The number of hydrogen-bond donors (Lipinski definition) is 1. The maximum absolute atomic E-state index is 5.73. The van der Waals surface area contributed by atoms with Crippen LogP contribution in [-0.4, -0.2) is 17.8 Å².